The van der Waals surface area contributed by atoms with Crippen LogP contribution in [-0.2, 0) is 16.3 Å². The first-order chi connectivity index (χ1) is 12.9. The zero-order chi connectivity index (χ0) is 19.8. The van der Waals surface area contributed by atoms with Gasteiger partial charge in [-0.25, -0.2) is 0 Å². The molecule has 0 aliphatic heterocycles. The van der Waals surface area contributed by atoms with Crippen LogP contribution in [0.15, 0.2) is 29.3 Å². The first-order valence-electron chi connectivity index (χ1n) is 9.61. The lowest BCUT2D eigenvalue weighted by Crippen LogP contribution is -2.49. The minimum atomic E-state index is -4.31. The summed E-state index contributed by atoms with van der Waals surface area (Å²) >= 11 is 0. The van der Waals surface area contributed by atoms with Crippen LogP contribution in [0.4, 0.5) is 13.2 Å². The maximum Gasteiger partial charge on any atom is 0.416 e. The Morgan fingerprint density at radius 3 is 2.59 bits per heavy atom. The molecule has 0 bridgehead atoms. The van der Waals surface area contributed by atoms with Crippen LogP contribution in [0, 0.1) is 0 Å². The molecule has 0 heterocycles. The van der Waals surface area contributed by atoms with Crippen LogP contribution in [0.2, 0.25) is 0 Å². The van der Waals surface area contributed by atoms with Crippen molar-refractivity contribution < 1.29 is 17.9 Å². The molecule has 0 radical (unpaired) electrons. The third kappa shape index (κ3) is 6.13. The van der Waals surface area contributed by atoms with Gasteiger partial charge in [-0.1, -0.05) is 24.6 Å². The Morgan fingerprint density at radius 1 is 1.22 bits per heavy atom. The molecule has 1 aliphatic carbocycles. The first-order valence-corrected chi connectivity index (χ1v) is 9.61. The van der Waals surface area contributed by atoms with Crippen molar-refractivity contribution in [3.8, 4) is 0 Å². The predicted octanol–water partition coefficient (Wildman–Crippen LogP) is 4.11. The van der Waals surface area contributed by atoms with Gasteiger partial charge in [0.2, 0.25) is 0 Å². The summed E-state index contributed by atoms with van der Waals surface area (Å²) < 4.78 is 44.4. The van der Waals surface area contributed by atoms with Crippen molar-refractivity contribution in [3.63, 3.8) is 0 Å². The fourth-order valence-electron chi connectivity index (χ4n) is 3.35. The minimum absolute atomic E-state index is 0.256. The van der Waals surface area contributed by atoms with Gasteiger partial charge in [0.1, 0.15) is 0 Å². The van der Waals surface area contributed by atoms with E-state index in [4.69, 9.17) is 4.74 Å². The third-order valence-corrected chi connectivity index (χ3v) is 5.14. The normalized spacial score (nSPS) is 16.7. The lowest BCUT2D eigenvalue weighted by molar-refractivity contribution is -0.137. The van der Waals surface area contributed by atoms with Gasteiger partial charge in [-0.3, -0.25) is 4.99 Å². The summed E-state index contributed by atoms with van der Waals surface area (Å²) in [4.78, 5) is 4.22. The second kappa shape index (κ2) is 9.97. The van der Waals surface area contributed by atoms with E-state index in [1.165, 1.54) is 12.1 Å². The maximum atomic E-state index is 13.0. The number of halogens is 3. The molecule has 1 saturated carbocycles. The number of guanidine groups is 1. The quantitative estimate of drug-likeness (QED) is 0.382. The molecule has 0 saturated heterocycles. The largest absolute Gasteiger partial charge is 0.416 e. The van der Waals surface area contributed by atoms with E-state index in [2.05, 4.69) is 15.6 Å². The van der Waals surface area contributed by atoms with Crippen molar-refractivity contribution in [1.29, 1.82) is 0 Å². The van der Waals surface area contributed by atoms with Gasteiger partial charge in [0.15, 0.2) is 5.96 Å². The molecule has 1 aromatic rings. The van der Waals surface area contributed by atoms with Crippen molar-refractivity contribution in [3.05, 3.63) is 35.4 Å². The van der Waals surface area contributed by atoms with Crippen molar-refractivity contribution in [2.45, 2.75) is 50.6 Å². The molecule has 0 unspecified atom stereocenters. The zero-order valence-corrected chi connectivity index (χ0v) is 16.2. The third-order valence-electron chi connectivity index (χ3n) is 5.14. The van der Waals surface area contributed by atoms with E-state index in [1.807, 2.05) is 6.92 Å². The van der Waals surface area contributed by atoms with Crippen LogP contribution in [-0.4, -0.2) is 39.3 Å². The lowest BCUT2D eigenvalue weighted by Gasteiger charge is -2.43. The minimum Gasteiger partial charge on any atom is -0.382 e. The number of ether oxygens (including phenoxy) is 1. The lowest BCUT2D eigenvalue weighted by atomic mass is 9.64. The molecule has 0 amide bonds. The number of hydrogen-bond acceptors (Lipinski definition) is 2. The number of benzene rings is 1. The van der Waals surface area contributed by atoms with Crippen LogP contribution in [0.25, 0.3) is 0 Å². The van der Waals surface area contributed by atoms with Gasteiger partial charge in [-0.2, -0.15) is 13.2 Å². The van der Waals surface area contributed by atoms with Gasteiger partial charge in [0, 0.05) is 38.8 Å². The average Bonchev–Trinajstić information content (AvgIpc) is 2.61. The number of nitrogens with zero attached hydrogens (tertiary/aromatic N) is 1. The molecule has 152 valence electrons. The summed E-state index contributed by atoms with van der Waals surface area (Å²) in [6, 6.07) is 5.74. The van der Waals surface area contributed by atoms with Gasteiger partial charge in [0.25, 0.3) is 0 Å². The molecule has 4 nitrogen and oxygen atoms in total. The van der Waals surface area contributed by atoms with Crippen molar-refractivity contribution in [2.75, 3.05) is 33.4 Å². The highest BCUT2D eigenvalue weighted by Gasteiger charge is 2.40. The SMILES string of the molecule is CCOCCCCNC(=NC)NCC1(c2cccc(C(F)(F)F)c2)CCC1. The molecule has 1 aromatic carbocycles. The Morgan fingerprint density at radius 2 is 2.00 bits per heavy atom. The summed E-state index contributed by atoms with van der Waals surface area (Å²) in [7, 11) is 1.70. The predicted molar refractivity (Wildman–Crippen MR) is 102 cm³/mol. The van der Waals surface area contributed by atoms with Crippen molar-refractivity contribution >= 4 is 5.96 Å². The van der Waals surface area contributed by atoms with Crippen LogP contribution < -0.4 is 10.6 Å². The molecule has 2 rings (SSSR count). The van der Waals surface area contributed by atoms with E-state index in [-0.39, 0.29) is 5.41 Å². The van der Waals surface area contributed by atoms with E-state index >= 15 is 0 Å². The summed E-state index contributed by atoms with van der Waals surface area (Å²) in [5.74, 6) is 0.685. The average molecular weight is 385 g/mol. The number of unbranched alkanes of at least 4 members (excludes halogenated alkanes) is 1. The van der Waals surface area contributed by atoms with Crippen LogP contribution >= 0.6 is 0 Å². The summed E-state index contributed by atoms with van der Waals surface area (Å²) in [5.41, 5.74) is -0.0836. The Kier molecular flexibility index (Phi) is 7.95. The highest BCUT2D eigenvalue weighted by molar-refractivity contribution is 5.79. The summed E-state index contributed by atoms with van der Waals surface area (Å²) in [6.45, 7) is 4.82. The number of nitrogens with one attached hydrogen (secondary N) is 2. The van der Waals surface area contributed by atoms with Crippen LogP contribution in [0.3, 0.4) is 0 Å². The molecule has 1 fully saturated rings. The number of rotatable bonds is 9. The molecule has 0 atom stereocenters. The molecule has 2 N–H and O–H groups in total. The highest BCUT2D eigenvalue weighted by Crippen LogP contribution is 2.44. The van der Waals surface area contributed by atoms with Crippen molar-refractivity contribution in [1.82, 2.24) is 10.6 Å². The molecule has 27 heavy (non-hydrogen) atoms. The molecular weight excluding hydrogens is 355 g/mol. The van der Waals surface area contributed by atoms with Gasteiger partial charge in [-0.05, 0) is 44.2 Å². The fraction of sp³-hybridized carbons (Fsp3) is 0.650. The van der Waals surface area contributed by atoms with Crippen LogP contribution in [0.5, 0.6) is 0 Å². The Labute approximate surface area is 159 Å². The molecular formula is C20H30F3N3O. The first kappa shape index (κ1) is 21.5. The number of hydrogen-bond donors (Lipinski definition) is 2. The standard InChI is InChI=1S/C20H30F3N3O/c1-3-27-13-5-4-12-25-18(24-2)26-15-19(10-7-11-19)16-8-6-9-17(14-16)20(21,22)23/h6,8-9,14H,3-5,7,10-13,15H2,1-2H3,(H2,24,25,26). The summed E-state index contributed by atoms with van der Waals surface area (Å²) in [5, 5.41) is 6.55. The second-order valence-corrected chi connectivity index (χ2v) is 6.97. The Bertz CT molecular complexity index is 613. The van der Waals surface area contributed by atoms with Crippen molar-refractivity contribution in [2.24, 2.45) is 4.99 Å². The molecule has 1 aliphatic rings. The van der Waals surface area contributed by atoms with Gasteiger partial charge < -0.3 is 15.4 Å². The van der Waals surface area contributed by atoms with Gasteiger partial charge in [0.05, 0.1) is 5.56 Å². The zero-order valence-electron chi connectivity index (χ0n) is 16.2. The second-order valence-electron chi connectivity index (χ2n) is 6.97. The van der Waals surface area contributed by atoms with Crippen LogP contribution in [0.1, 0.15) is 50.2 Å². The number of alkyl halides is 3. The Balaban J connectivity index is 1.90. The van der Waals surface area contributed by atoms with Gasteiger partial charge in [-0.15, -0.1) is 0 Å². The van der Waals surface area contributed by atoms with Gasteiger partial charge >= 0.3 is 6.18 Å². The molecule has 0 aromatic heterocycles. The summed E-state index contributed by atoms with van der Waals surface area (Å²) in [6.07, 6.45) is 0.430. The van der Waals surface area contributed by atoms with E-state index in [1.54, 1.807) is 13.1 Å². The smallest absolute Gasteiger partial charge is 0.382 e. The Hall–Kier alpha value is -1.76. The molecule has 0 spiro atoms. The monoisotopic (exact) mass is 385 g/mol. The fourth-order valence-corrected chi connectivity index (χ4v) is 3.35. The maximum absolute atomic E-state index is 13.0. The van der Waals surface area contributed by atoms with E-state index in [0.717, 1.165) is 63.5 Å². The highest BCUT2D eigenvalue weighted by atomic mass is 19.4. The molecule has 7 heteroatoms. The number of aliphatic imine (C=N–C) groups is 1. The van der Waals surface area contributed by atoms with E-state index in [0.29, 0.717) is 12.5 Å². The van der Waals surface area contributed by atoms with E-state index < -0.39 is 11.7 Å². The van der Waals surface area contributed by atoms with E-state index in [9.17, 15) is 13.2 Å². The topological polar surface area (TPSA) is 45.6 Å².